The lowest BCUT2D eigenvalue weighted by Gasteiger charge is -2.32. The standard InChI is InChI=1S/C15H22N4O3/c1-15(2)11(12(15)14(21)22)13(20)18-6-3-10(4-7-18)9-19-8-5-16-17-19/h5,8,10-12H,3-4,6-7,9H2,1-2H3,(H,21,22)/t11-,12+/m1/s1. The zero-order valence-electron chi connectivity index (χ0n) is 13.0. The molecule has 7 nitrogen and oxygen atoms in total. The normalized spacial score (nSPS) is 27.6. The number of aromatic nitrogens is 3. The van der Waals surface area contributed by atoms with Crippen molar-refractivity contribution < 1.29 is 14.7 Å². The molecule has 120 valence electrons. The van der Waals surface area contributed by atoms with Crippen molar-refractivity contribution >= 4 is 11.9 Å². The highest BCUT2D eigenvalue weighted by Crippen LogP contribution is 2.59. The SMILES string of the molecule is CC1(C)[C@H](C(=O)O)[C@@H]1C(=O)N1CCC(Cn2ccnn2)CC1. The van der Waals surface area contributed by atoms with Crippen molar-refractivity contribution in [1.29, 1.82) is 0 Å². The fraction of sp³-hybridized carbons (Fsp3) is 0.733. The zero-order valence-corrected chi connectivity index (χ0v) is 13.0. The van der Waals surface area contributed by atoms with Crippen LogP contribution in [0, 0.1) is 23.2 Å². The van der Waals surface area contributed by atoms with E-state index >= 15 is 0 Å². The summed E-state index contributed by atoms with van der Waals surface area (Å²) in [5.41, 5.74) is -0.416. The average molecular weight is 306 g/mol. The fourth-order valence-corrected chi connectivity index (χ4v) is 3.69. The second kappa shape index (κ2) is 5.37. The highest BCUT2D eigenvalue weighted by Gasteiger charge is 2.66. The fourth-order valence-electron chi connectivity index (χ4n) is 3.69. The van der Waals surface area contributed by atoms with Crippen molar-refractivity contribution in [3.05, 3.63) is 12.4 Å². The van der Waals surface area contributed by atoms with Crippen molar-refractivity contribution in [2.75, 3.05) is 13.1 Å². The molecule has 2 heterocycles. The summed E-state index contributed by atoms with van der Waals surface area (Å²) in [5.74, 6) is -1.25. The van der Waals surface area contributed by atoms with Crippen LogP contribution < -0.4 is 0 Å². The maximum Gasteiger partial charge on any atom is 0.307 e. The molecule has 1 aliphatic heterocycles. The van der Waals surface area contributed by atoms with Crippen LogP contribution in [0.4, 0.5) is 0 Å². The molecule has 1 saturated carbocycles. The summed E-state index contributed by atoms with van der Waals surface area (Å²) in [4.78, 5) is 25.6. The van der Waals surface area contributed by atoms with Gasteiger partial charge in [0.15, 0.2) is 0 Å². The van der Waals surface area contributed by atoms with Gasteiger partial charge in [-0.2, -0.15) is 0 Å². The number of nitrogens with zero attached hydrogens (tertiary/aromatic N) is 4. The first-order chi connectivity index (χ1) is 10.4. The third-order valence-electron chi connectivity index (χ3n) is 5.20. The number of carboxylic acids is 1. The predicted molar refractivity (Wildman–Crippen MR) is 77.7 cm³/mol. The van der Waals surface area contributed by atoms with Gasteiger partial charge in [0.25, 0.3) is 0 Å². The van der Waals surface area contributed by atoms with Gasteiger partial charge < -0.3 is 10.0 Å². The number of amides is 1. The van der Waals surface area contributed by atoms with E-state index in [1.54, 1.807) is 6.20 Å². The number of carboxylic acid groups (broad SMARTS) is 1. The molecule has 0 bridgehead atoms. The molecule has 22 heavy (non-hydrogen) atoms. The van der Waals surface area contributed by atoms with Crippen LogP contribution in [0.2, 0.25) is 0 Å². The minimum atomic E-state index is -0.857. The first-order valence-electron chi connectivity index (χ1n) is 7.77. The van der Waals surface area contributed by atoms with Gasteiger partial charge in [-0.25, -0.2) is 0 Å². The molecule has 2 atom stereocenters. The molecular formula is C15H22N4O3. The Morgan fingerprint density at radius 2 is 1.95 bits per heavy atom. The highest BCUT2D eigenvalue weighted by molar-refractivity contribution is 5.91. The third kappa shape index (κ3) is 2.60. The van der Waals surface area contributed by atoms with Gasteiger partial charge in [-0.3, -0.25) is 14.3 Å². The van der Waals surface area contributed by atoms with Crippen molar-refractivity contribution in [3.8, 4) is 0 Å². The topological polar surface area (TPSA) is 88.3 Å². The number of carbonyl (C=O) groups excluding carboxylic acids is 1. The summed E-state index contributed by atoms with van der Waals surface area (Å²) in [6.45, 7) is 5.97. The van der Waals surface area contributed by atoms with Crippen LogP contribution in [0.3, 0.4) is 0 Å². The molecule has 1 aromatic rings. The smallest absolute Gasteiger partial charge is 0.307 e. The first kappa shape index (κ1) is 15.0. The minimum absolute atomic E-state index is 0.0107. The summed E-state index contributed by atoms with van der Waals surface area (Å²) in [6, 6.07) is 0. The summed E-state index contributed by atoms with van der Waals surface area (Å²) in [5, 5.41) is 17.0. The van der Waals surface area contributed by atoms with Crippen LogP contribution in [-0.4, -0.2) is 50.0 Å². The average Bonchev–Trinajstić information content (AvgIpc) is 2.83. The minimum Gasteiger partial charge on any atom is -0.481 e. The molecule has 0 radical (unpaired) electrons. The summed E-state index contributed by atoms with van der Waals surface area (Å²) >= 11 is 0. The lowest BCUT2D eigenvalue weighted by molar-refractivity contribution is -0.142. The van der Waals surface area contributed by atoms with Crippen molar-refractivity contribution in [2.45, 2.75) is 33.2 Å². The maximum atomic E-state index is 12.5. The van der Waals surface area contributed by atoms with Crippen LogP contribution in [0.1, 0.15) is 26.7 Å². The van der Waals surface area contributed by atoms with E-state index < -0.39 is 17.3 Å². The van der Waals surface area contributed by atoms with Crippen LogP contribution >= 0.6 is 0 Å². The van der Waals surface area contributed by atoms with E-state index in [2.05, 4.69) is 10.3 Å². The monoisotopic (exact) mass is 306 g/mol. The van der Waals surface area contributed by atoms with E-state index in [1.165, 1.54) is 0 Å². The Kier molecular flexibility index (Phi) is 3.66. The third-order valence-corrected chi connectivity index (χ3v) is 5.20. The lowest BCUT2D eigenvalue weighted by Crippen LogP contribution is -2.41. The second-order valence-corrected chi connectivity index (χ2v) is 7.01. The lowest BCUT2D eigenvalue weighted by atomic mass is 9.96. The molecule has 3 rings (SSSR count). The summed E-state index contributed by atoms with van der Waals surface area (Å²) in [6.07, 6.45) is 5.37. The van der Waals surface area contributed by atoms with Gasteiger partial charge in [0.2, 0.25) is 5.91 Å². The van der Waals surface area contributed by atoms with Crippen LogP contribution in [0.25, 0.3) is 0 Å². The number of hydrogen-bond acceptors (Lipinski definition) is 4. The predicted octanol–water partition coefficient (Wildman–Crippen LogP) is 0.873. The van der Waals surface area contributed by atoms with E-state index in [9.17, 15) is 14.7 Å². The molecule has 0 aromatic carbocycles. The van der Waals surface area contributed by atoms with E-state index in [0.29, 0.717) is 19.0 Å². The molecule has 1 N–H and O–H groups in total. The van der Waals surface area contributed by atoms with Gasteiger partial charge in [-0.15, -0.1) is 5.10 Å². The number of hydrogen-bond donors (Lipinski definition) is 1. The van der Waals surface area contributed by atoms with Crippen molar-refractivity contribution in [3.63, 3.8) is 0 Å². The number of likely N-dealkylation sites (tertiary alicyclic amines) is 1. The quantitative estimate of drug-likeness (QED) is 0.892. The summed E-state index contributed by atoms with van der Waals surface area (Å²) < 4.78 is 1.83. The van der Waals surface area contributed by atoms with E-state index in [-0.39, 0.29) is 11.8 Å². The Labute approximate surface area is 129 Å². The largest absolute Gasteiger partial charge is 0.481 e. The van der Waals surface area contributed by atoms with Gasteiger partial charge in [-0.05, 0) is 24.2 Å². The van der Waals surface area contributed by atoms with Gasteiger partial charge in [0, 0.05) is 25.8 Å². The molecule has 1 saturated heterocycles. The van der Waals surface area contributed by atoms with Crippen LogP contribution in [0.15, 0.2) is 12.4 Å². The van der Waals surface area contributed by atoms with Crippen molar-refractivity contribution in [1.82, 2.24) is 19.9 Å². The number of rotatable bonds is 4. The molecule has 2 aliphatic rings. The first-order valence-corrected chi connectivity index (χ1v) is 7.77. The Morgan fingerprint density at radius 1 is 1.27 bits per heavy atom. The van der Waals surface area contributed by atoms with E-state index in [1.807, 2.05) is 29.6 Å². The number of aliphatic carboxylic acids is 1. The highest BCUT2D eigenvalue weighted by atomic mass is 16.4. The molecule has 7 heteroatoms. The Bertz CT molecular complexity index is 561. The van der Waals surface area contributed by atoms with Crippen LogP contribution in [0.5, 0.6) is 0 Å². The Balaban J connectivity index is 1.53. The van der Waals surface area contributed by atoms with Crippen molar-refractivity contribution in [2.24, 2.45) is 23.2 Å². The zero-order chi connectivity index (χ0) is 15.9. The molecule has 1 aromatic heterocycles. The Hall–Kier alpha value is -1.92. The van der Waals surface area contributed by atoms with Gasteiger partial charge >= 0.3 is 5.97 Å². The molecule has 0 spiro atoms. The van der Waals surface area contributed by atoms with Gasteiger partial charge in [-0.1, -0.05) is 19.1 Å². The molecule has 2 fully saturated rings. The maximum absolute atomic E-state index is 12.5. The number of piperidine rings is 1. The molecule has 1 amide bonds. The van der Waals surface area contributed by atoms with E-state index in [4.69, 9.17) is 0 Å². The summed E-state index contributed by atoms with van der Waals surface area (Å²) in [7, 11) is 0. The molecule has 0 unspecified atom stereocenters. The van der Waals surface area contributed by atoms with Crippen LogP contribution in [-0.2, 0) is 16.1 Å². The second-order valence-electron chi connectivity index (χ2n) is 7.01. The molecular weight excluding hydrogens is 284 g/mol. The molecule has 1 aliphatic carbocycles. The number of carbonyl (C=O) groups is 2. The van der Waals surface area contributed by atoms with Gasteiger partial charge in [0.1, 0.15) is 0 Å². The van der Waals surface area contributed by atoms with Gasteiger partial charge in [0.05, 0.1) is 18.0 Å². The Morgan fingerprint density at radius 3 is 2.45 bits per heavy atom. The van der Waals surface area contributed by atoms with E-state index in [0.717, 1.165) is 19.4 Å².